The molecule has 1 saturated heterocycles. The lowest BCUT2D eigenvalue weighted by Gasteiger charge is -2.34. The van der Waals surface area contributed by atoms with Crippen LogP contribution in [0.15, 0.2) is 47.4 Å². The number of hydrogen-bond donors (Lipinski definition) is 3. The maximum Gasteiger partial charge on any atom is 0.243 e. The molecule has 2 aromatic rings. The van der Waals surface area contributed by atoms with Gasteiger partial charge >= 0.3 is 0 Å². The molecule has 0 saturated carbocycles. The predicted octanol–water partition coefficient (Wildman–Crippen LogP) is 3.20. The molecule has 9 heteroatoms. The van der Waals surface area contributed by atoms with Crippen molar-refractivity contribution in [1.29, 1.82) is 0 Å². The number of carbonyl (C=O) groups excluding carboxylic acids is 2. The Hall–Kier alpha value is -2.75. The van der Waals surface area contributed by atoms with E-state index in [-0.39, 0.29) is 41.8 Å². The Kier molecular flexibility index (Phi) is 8.59. The van der Waals surface area contributed by atoms with Crippen LogP contribution in [0, 0.1) is 12.3 Å². The summed E-state index contributed by atoms with van der Waals surface area (Å²) in [5.41, 5.74) is 4.71. The van der Waals surface area contributed by atoms with Gasteiger partial charge in [0.1, 0.15) is 6.04 Å². The number of carbonyl (C=O) groups is 2. The maximum atomic E-state index is 13.4. The lowest BCUT2D eigenvalue weighted by atomic mass is 9.86. The molecule has 1 fully saturated rings. The highest BCUT2D eigenvalue weighted by atomic mass is 32.2. The molecule has 3 N–H and O–H groups in total. The number of rotatable bonds is 8. The number of sulfonamides is 1. The highest BCUT2D eigenvalue weighted by Gasteiger charge is 2.40. The number of piperazine rings is 1. The van der Waals surface area contributed by atoms with Gasteiger partial charge in [-0.05, 0) is 60.4 Å². The third-order valence-corrected chi connectivity index (χ3v) is 9.05. The van der Waals surface area contributed by atoms with Gasteiger partial charge in [0.25, 0.3) is 0 Å². The van der Waals surface area contributed by atoms with E-state index in [1.807, 2.05) is 6.92 Å². The fraction of sp³-hybridized carbons (Fsp3) is 0.517. The minimum atomic E-state index is -3.92. The average molecular weight is 541 g/mol. The summed E-state index contributed by atoms with van der Waals surface area (Å²) in [5, 5.41) is 9.32. The zero-order valence-electron chi connectivity index (χ0n) is 22.8. The van der Waals surface area contributed by atoms with E-state index in [1.54, 1.807) is 24.3 Å². The molecule has 0 bridgehead atoms. The van der Waals surface area contributed by atoms with Crippen molar-refractivity contribution in [2.45, 2.75) is 76.9 Å². The fourth-order valence-corrected chi connectivity index (χ4v) is 6.75. The van der Waals surface area contributed by atoms with Crippen LogP contribution in [0.1, 0.15) is 68.3 Å². The van der Waals surface area contributed by atoms with Crippen molar-refractivity contribution in [2.24, 2.45) is 5.41 Å². The number of amides is 2. The monoisotopic (exact) mass is 540 g/mol. The van der Waals surface area contributed by atoms with Gasteiger partial charge in [-0.3, -0.25) is 9.59 Å². The molecule has 1 heterocycles. The van der Waals surface area contributed by atoms with Crippen molar-refractivity contribution in [3.63, 3.8) is 0 Å². The van der Waals surface area contributed by atoms with E-state index in [0.717, 1.165) is 43.5 Å². The molecule has 1 aliphatic carbocycles. The molecular formula is C29H40N4O4S. The van der Waals surface area contributed by atoms with Crippen LogP contribution in [0.2, 0.25) is 0 Å². The number of fused-ring (bicyclic) bond motifs is 1. The Bertz CT molecular complexity index is 1270. The number of aryl methyl sites for hydroxylation is 2. The number of benzene rings is 2. The first kappa shape index (κ1) is 28.3. The SMILES string of the molecule is Cc1ccc(S(=O)(=O)N2CCNC(=O)[C@@H]2CC(=O)N[C@@H]2CCCc3cc(CNCC(C)(C)C)ccc32)cc1. The van der Waals surface area contributed by atoms with E-state index in [2.05, 4.69) is 54.9 Å². The Balaban J connectivity index is 1.44. The van der Waals surface area contributed by atoms with Crippen LogP contribution in [0.25, 0.3) is 0 Å². The Morgan fingerprint density at radius 1 is 1.13 bits per heavy atom. The Labute approximate surface area is 226 Å². The molecule has 2 atom stereocenters. The smallest absolute Gasteiger partial charge is 0.243 e. The summed E-state index contributed by atoms with van der Waals surface area (Å²) < 4.78 is 27.9. The molecule has 4 rings (SSSR count). The van der Waals surface area contributed by atoms with Crippen LogP contribution in [-0.2, 0) is 32.6 Å². The zero-order chi connectivity index (χ0) is 27.5. The third kappa shape index (κ3) is 6.81. The van der Waals surface area contributed by atoms with Gasteiger partial charge in [-0.15, -0.1) is 0 Å². The normalized spacial score (nSPS) is 20.5. The molecule has 2 amide bonds. The van der Waals surface area contributed by atoms with E-state index >= 15 is 0 Å². The summed E-state index contributed by atoms with van der Waals surface area (Å²) in [6, 6.07) is 11.7. The van der Waals surface area contributed by atoms with Crippen LogP contribution in [-0.4, -0.2) is 50.2 Å². The maximum absolute atomic E-state index is 13.4. The molecule has 0 aromatic heterocycles. The Morgan fingerprint density at radius 2 is 1.87 bits per heavy atom. The van der Waals surface area contributed by atoms with E-state index < -0.39 is 22.0 Å². The first-order chi connectivity index (χ1) is 17.9. The highest BCUT2D eigenvalue weighted by Crippen LogP contribution is 2.31. The van der Waals surface area contributed by atoms with Gasteiger partial charge < -0.3 is 16.0 Å². The van der Waals surface area contributed by atoms with Crippen molar-refractivity contribution < 1.29 is 18.0 Å². The topological polar surface area (TPSA) is 108 Å². The lowest BCUT2D eigenvalue weighted by Crippen LogP contribution is -2.58. The van der Waals surface area contributed by atoms with Crippen LogP contribution in [0.5, 0.6) is 0 Å². The zero-order valence-corrected chi connectivity index (χ0v) is 23.7. The standard InChI is InChI=1S/C29H40N4O4S/c1-20-8-11-23(12-9-20)38(36,37)33-15-14-31-28(35)26(33)17-27(34)32-25-7-5-6-22-16-21(10-13-24(22)25)18-30-19-29(2,3)4/h8-13,16,25-26,30H,5-7,14-15,17-19H2,1-4H3,(H,31,35)(H,32,34)/t25-,26+/m1/s1. The second kappa shape index (κ2) is 11.6. The number of nitrogens with one attached hydrogen (secondary N) is 3. The van der Waals surface area contributed by atoms with Crippen LogP contribution in [0.3, 0.4) is 0 Å². The first-order valence-corrected chi connectivity index (χ1v) is 14.9. The number of nitrogens with zero attached hydrogens (tertiary/aromatic N) is 1. The van der Waals surface area contributed by atoms with E-state index in [0.29, 0.717) is 0 Å². The second-order valence-corrected chi connectivity index (χ2v) is 13.5. The van der Waals surface area contributed by atoms with Crippen LogP contribution < -0.4 is 16.0 Å². The fourth-order valence-electron chi connectivity index (χ4n) is 5.16. The quantitative estimate of drug-likeness (QED) is 0.477. The number of hydrogen-bond acceptors (Lipinski definition) is 5. The first-order valence-electron chi connectivity index (χ1n) is 13.4. The molecule has 0 unspecified atom stereocenters. The van der Waals surface area contributed by atoms with Crippen molar-refractivity contribution in [3.05, 3.63) is 64.7 Å². The van der Waals surface area contributed by atoms with Crippen molar-refractivity contribution in [2.75, 3.05) is 19.6 Å². The highest BCUT2D eigenvalue weighted by molar-refractivity contribution is 7.89. The van der Waals surface area contributed by atoms with Crippen molar-refractivity contribution >= 4 is 21.8 Å². The molecule has 0 radical (unpaired) electrons. The molecule has 1 aliphatic heterocycles. The third-order valence-electron chi connectivity index (χ3n) is 7.13. The molecular weight excluding hydrogens is 500 g/mol. The summed E-state index contributed by atoms with van der Waals surface area (Å²) in [7, 11) is -3.92. The summed E-state index contributed by atoms with van der Waals surface area (Å²) >= 11 is 0. The van der Waals surface area contributed by atoms with Crippen molar-refractivity contribution in [1.82, 2.24) is 20.3 Å². The molecule has 38 heavy (non-hydrogen) atoms. The minimum Gasteiger partial charge on any atom is -0.353 e. The average Bonchev–Trinajstić information content (AvgIpc) is 2.85. The van der Waals surface area contributed by atoms with E-state index in [9.17, 15) is 18.0 Å². The van der Waals surface area contributed by atoms with Gasteiger partial charge in [0.15, 0.2) is 0 Å². The van der Waals surface area contributed by atoms with Gasteiger partial charge in [-0.2, -0.15) is 4.31 Å². The van der Waals surface area contributed by atoms with Gasteiger partial charge in [0, 0.05) is 26.2 Å². The summed E-state index contributed by atoms with van der Waals surface area (Å²) in [4.78, 5) is 26.0. The molecule has 8 nitrogen and oxygen atoms in total. The van der Waals surface area contributed by atoms with Crippen LogP contribution in [0.4, 0.5) is 0 Å². The predicted molar refractivity (Wildman–Crippen MR) is 148 cm³/mol. The Morgan fingerprint density at radius 3 is 2.58 bits per heavy atom. The summed E-state index contributed by atoms with van der Waals surface area (Å²) in [6.07, 6.45) is 2.50. The summed E-state index contributed by atoms with van der Waals surface area (Å²) in [5.74, 6) is -0.775. The van der Waals surface area contributed by atoms with Gasteiger partial charge in [0.2, 0.25) is 21.8 Å². The molecule has 0 spiro atoms. The van der Waals surface area contributed by atoms with E-state index in [1.165, 1.54) is 15.4 Å². The lowest BCUT2D eigenvalue weighted by molar-refractivity contribution is -0.132. The molecule has 2 aromatic carbocycles. The van der Waals surface area contributed by atoms with Crippen LogP contribution >= 0.6 is 0 Å². The van der Waals surface area contributed by atoms with Gasteiger partial charge in [0.05, 0.1) is 17.4 Å². The van der Waals surface area contributed by atoms with Gasteiger partial charge in [-0.25, -0.2) is 8.42 Å². The van der Waals surface area contributed by atoms with Gasteiger partial charge in [-0.1, -0.05) is 56.7 Å². The summed E-state index contributed by atoms with van der Waals surface area (Å²) in [6.45, 7) is 10.5. The minimum absolute atomic E-state index is 0.122. The second-order valence-electron chi connectivity index (χ2n) is 11.6. The van der Waals surface area contributed by atoms with E-state index in [4.69, 9.17) is 0 Å². The molecule has 206 valence electrons. The van der Waals surface area contributed by atoms with Crippen molar-refractivity contribution in [3.8, 4) is 0 Å². The molecule has 2 aliphatic rings. The largest absolute Gasteiger partial charge is 0.353 e.